The van der Waals surface area contributed by atoms with E-state index >= 15 is 0 Å². The first-order chi connectivity index (χ1) is 16.6. The Balaban J connectivity index is 1.21. The average Bonchev–Trinajstić information content (AvgIpc) is 3.14. The second kappa shape index (κ2) is 8.21. The number of ether oxygens (including phenoxy) is 2. The lowest BCUT2D eigenvalue weighted by Crippen LogP contribution is -2.47. The van der Waals surface area contributed by atoms with E-state index in [-0.39, 0.29) is 11.3 Å². The molecular weight excluding hydrogens is 445 g/mol. The Labute approximate surface area is 192 Å². The van der Waals surface area contributed by atoms with Crippen LogP contribution < -0.4 is 25.6 Å². The molecule has 2 aromatic carbocycles. The van der Waals surface area contributed by atoms with E-state index in [1.165, 1.54) is 12.1 Å². The van der Waals surface area contributed by atoms with E-state index in [4.69, 9.17) is 18.3 Å². The number of hydrogen-bond donors (Lipinski definition) is 0. The fourth-order valence-corrected chi connectivity index (χ4v) is 4.72. The van der Waals surface area contributed by atoms with Crippen LogP contribution in [0.25, 0.3) is 22.2 Å². The molecule has 0 atom stereocenters. The standard InChI is InChI=1S/C24H22FN3O6/c25-15-4-5-17-16(14-15)20-22(34-24(30)23(29)33-20)28(17)11-8-26-6-9-27(10-7-26)18-2-1-3-19-21(18)32-13-12-31-19/h1-5,14H,6-13H2. The quantitative estimate of drug-likeness (QED) is 0.423. The summed E-state index contributed by atoms with van der Waals surface area (Å²) in [5.74, 6) is 1.12. The van der Waals surface area contributed by atoms with Crippen molar-refractivity contribution in [3.8, 4) is 11.5 Å². The fraction of sp³-hybridized carbons (Fsp3) is 0.333. The van der Waals surface area contributed by atoms with E-state index in [1.54, 1.807) is 10.6 Å². The van der Waals surface area contributed by atoms with Crippen molar-refractivity contribution in [2.45, 2.75) is 6.54 Å². The van der Waals surface area contributed by atoms with E-state index in [9.17, 15) is 14.0 Å². The molecule has 0 saturated carbocycles. The van der Waals surface area contributed by atoms with E-state index in [1.807, 2.05) is 12.1 Å². The summed E-state index contributed by atoms with van der Waals surface area (Å²) in [5, 5.41) is 0.400. The third-order valence-electron chi connectivity index (χ3n) is 6.38. The SMILES string of the molecule is O=c1oc2c3cc(F)ccc3n(CCN3CCN(c4cccc5c4OCCO5)CC3)c2oc1=O. The number of hydrogen-bond acceptors (Lipinski definition) is 8. The van der Waals surface area contributed by atoms with Crippen molar-refractivity contribution in [3.63, 3.8) is 0 Å². The van der Waals surface area contributed by atoms with Gasteiger partial charge in [0.2, 0.25) is 11.3 Å². The molecule has 1 saturated heterocycles. The van der Waals surface area contributed by atoms with Crippen LogP contribution in [0.5, 0.6) is 11.5 Å². The van der Waals surface area contributed by atoms with Crippen molar-refractivity contribution in [1.29, 1.82) is 0 Å². The third kappa shape index (κ3) is 3.50. The molecule has 2 aliphatic heterocycles. The van der Waals surface area contributed by atoms with Crippen molar-refractivity contribution in [2.24, 2.45) is 0 Å². The summed E-state index contributed by atoms with van der Waals surface area (Å²) < 4.78 is 37.6. The highest BCUT2D eigenvalue weighted by Crippen LogP contribution is 2.39. The largest absolute Gasteiger partial charge is 0.486 e. The van der Waals surface area contributed by atoms with E-state index < -0.39 is 17.1 Å². The Morgan fingerprint density at radius 3 is 2.53 bits per heavy atom. The summed E-state index contributed by atoms with van der Waals surface area (Å²) in [6.45, 7) is 5.57. The molecule has 2 aliphatic rings. The summed E-state index contributed by atoms with van der Waals surface area (Å²) in [6, 6.07) is 10.2. The molecule has 6 rings (SSSR count). The average molecular weight is 467 g/mol. The Hall–Kier alpha value is -3.79. The van der Waals surface area contributed by atoms with E-state index in [0.29, 0.717) is 37.2 Å². The molecule has 4 aromatic rings. The highest BCUT2D eigenvalue weighted by molar-refractivity contribution is 6.02. The molecular formula is C24H22FN3O6. The molecule has 10 heteroatoms. The predicted octanol–water partition coefficient (Wildman–Crippen LogP) is 2.43. The smallest absolute Gasteiger partial charge is 0.424 e. The van der Waals surface area contributed by atoms with Gasteiger partial charge in [-0.05, 0) is 30.3 Å². The number of anilines is 1. The maximum atomic E-state index is 13.9. The van der Waals surface area contributed by atoms with Gasteiger partial charge in [0.15, 0.2) is 11.5 Å². The number of nitrogens with zero attached hydrogens (tertiary/aromatic N) is 3. The molecule has 176 valence electrons. The van der Waals surface area contributed by atoms with Crippen LogP contribution in [-0.4, -0.2) is 55.4 Å². The molecule has 1 fully saturated rings. The number of aromatic nitrogens is 1. The van der Waals surface area contributed by atoms with Gasteiger partial charge in [-0.25, -0.2) is 14.0 Å². The van der Waals surface area contributed by atoms with Gasteiger partial charge in [-0.2, -0.15) is 0 Å². The Morgan fingerprint density at radius 2 is 1.68 bits per heavy atom. The molecule has 0 bridgehead atoms. The van der Waals surface area contributed by atoms with Gasteiger partial charge in [0.1, 0.15) is 19.0 Å². The minimum atomic E-state index is -1.11. The van der Waals surface area contributed by atoms with Crippen LogP contribution in [0.4, 0.5) is 10.1 Å². The fourth-order valence-electron chi connectivity index (χ4n) is 4.72. The summed E-state index contributed by atoms with van der Waals surface area (Å²) in [6.07, 6.45) is 0. The molecule has 0 radical (unpaired) electrons. The van der Waals surface area contributed by atoms with Crippen molar-refractivity contribution in [2.75, 3.05) is 50.8 Å². The van der Waals surface area contributed by atoms with E-state index in [0.717, 1.165) is 43.4 Å². The summed E-state index contributed by atoms with van der Waals surface area (Å²) in [4.78, 5) is 28.1. The van der Waals surface area contributed by atoms with Crippen molar-refractivity contribution in [3.05, 3.63) is 63.1 Å². The summed E-state index contributed by atoms with van der Waals surface area (Å²) in [7, 11) is 0. The number of benzene rings is 2. The maximum Gasteiger partial charge on any atom is 0.424 e. The van der Waals surface area contributed by atoms with Gasteiger partial charge < -0.3 is 27.8 Å². The minimum absolute atomic E-state index is 0.0833. The minimum Gasteiger partial charge on any atom is -0.486 e. The third-order valence-corrected chi connectivity index (χ3v) is 6.38. The second-order valence-electron chi connectivity index (χ2n) is 8.36. The van der Waals surface area contributed by atoms with Crippen LogP contribution in [0.2, 0.25) is 0 Å². The lowest BCUT2D eigenvalue weighted by molar-refractivity contribution is 0.171. The number of fused-ring (bicyclic) bond motifs is 4. The van der Waals surface area contributed by atoms with Crippen LogP contribution in [-0.2, 0) is 6.54 Å². The summed E-state index contributed by atoms with van der Waals surface area (Å²) >= 11 is 0. The van der Waals surface area contributed by atoms with Crippen LogP contribution in [0.3, 0.4) is 0 Å². The molecule has 0 spiro atoms. The molecule has 9 nitrogen and oxygen atoms in total. The lowest BCUT2D eigenvalue weighted by Gasteiger charge is -2.37. The molecule has 34 heavy (non-hydrogen) atoms. The highest BCUT2D eigenvalue weighted by Gasteiger charge is 2.24. The highest BCUT2D eigenvalue weighted by atomic mass is 19.1. The number of halogens is 1. The number of para-hydroxylation sites is 1. The van der Waals surface area contributed by atoms with Crippen molar-refractivity contribution in [1.82, 2.24) is 9.47 Å². The molecule has 0 aliphatic carbocycles. The van der Waals surface area contributed by atoms with Gasteiger partial charge in [0, 0.05) is 44.7 Å². The Morgan fingerprint density at radius 1 is 0.882 bits per heavy atom. The first-order valence-corrected chi connectivity index (χ1v) is 11.2. The first-order valence-electron chi connectivity index (χ1n) is 11.2. The molecule has 2 aromatic heterocycles. The van der Waals surface area contributed by atoms with Crippen molar-refractivity contribution >= 4 is 27.9 Å². The molecule has 0 unspecified atom stereocenters. The van der Waals surface area contributed by atoms with Gasteiger partial charge >= 0.3 is 11.3 Å². The molecule has 4 heterocycles. The van der Waals surface area contributed by atoms with Gasteiger partial charge in [-0.15, -0.1) is 0 Å². The van der Waals surface area contributed by atoms with Crippen LogP contribution >= 0.6 is 0 Å². The second-order valence-corrected chi connectivity index (χ2v) is 8.36. The monoisotopic (exact) mass is 467 g/mol. The van der Waals surface area contributed by atoms with E-state index in [2.05, 4.69) is 15.9 Å². The van der Waals surface area contributed by atoms with Gasteiger partial charge in [0.05, 0.1) is 11.2 Å². The van der Waals surface area contributed by atoms with Crippen LogP contribution in [0, 0.1) is 5.82 Å². The zero-order chi connectivity index (χ0) is 23.2. The first kappa shape index (κ1) is 20.8. The Bertz CT molecular complexity index is 1500. The maximum absolute atomic E-state index is 13.9. The normalized spacial score (nSPS) is 16.4. The molecule has 0 amide bonds. The van der Waals surface area contributed by atoms with Gasteiger partial charge in [0.25, 0.3) is 0 Å². The zero-order valence-corrected chi connectivity index (χ0v) is 18.3. The van der Waals surface area contributed by atoms with Crippen molar-refractivity contribution < 1.29 is 22.7 Å². The van der Waals surface area contributed by atoms with Gasteiger partial charge in [-0.3, -0.25) is 4.90 Å². The van der Waals surface area contributed by atoms with Gasteiger partial charge in [-0.1, -0.05) is 6.07 Å². The molecule has 0 N–H and O–H groups in total. The lowest BCUT2D eigenvalue weighted by atomic mass is 10.2. The summed E-state index contributed by atoms with van der Waals surface area (Å²) in [5.41, 5.74) is -0.289. The van der Waals surface area contributed by atoms with Crippen LogP contribution in [0.15, 0.2) is 54.8 Å². The number of piperazine rings is 1. The topological polar surface area (TPSA) is 90.3 Å². The zero-order valence-electron chi connectivity index (χ0n) is 18.3. The predicted molar refractivity (Wildman–Crippen MR) is 123 cm³/mol. The number of rotatable bonds is 4. The Kier molecular flexibility index (Phi) is 5.02. The van der Waals surface area contributed by atoms with Crippen LogP contribution in [0.1, 0.15) is 0 Å².